The summed E-state index contributed by atoms with van der Waals surface area (Å²) in [5, 5.41) is 4.12. The van der Waals surface area contributed by atoms with Crippen LogP contribution in [-0.2, 0) is 6.54 Å². The Kier molecular flexibility index (Phi) is 3.78. The third kappa shape index (κ3) is 2.96. The Balaban J connectivity index is 2.16. The Morgan fingerprint density at radius 1 is 1.17 bits per heavy atom. The SMILES string of the molecule is Cc1cc(C)c(NCc2cccc(Cl)c2)c(N)c1. The summed E-state index contributed by atoms with van der Waals surface area (Å²) in [7, 11) is 0. The quantitative estimate of drug-likeness (QED) is 0.814. The van der Waals surface area contributed by atoms with E-state index in [0.717, 1.165) is 27.5 Å². The highest BCUT2D eigenvalue weighted by molar-refractivity contribution is 6.30. The molecule has 0 aliphatic carbocycles. The fraction of sp³-hybridized carbons (Fsp3) is 0.200. The van der Waals surface area contributed by atoms with Gasteiger partial charge in [0.15, 0.2) is 0 Å². The summed E-state index contributed by atoms with van der Waals surface area (Å²) in [6, 6.07) is 11.9. The van der Waals surface area contributed by atoms with Crippen LogP contribution < -0.4 is 11.1 Å². The van der Waals surface area contributed by atoms with Crippen molar-refractivity contribution in [2.45, 2.75) is 20.4 Å². The van der Waals surface area contributed by atoms with Gasteiger partial charge in [0.1, 0.15) is 0 Å². The molecule has 0 aromatic heterocycles. The van der Waals surface area contributed by atoms with Crippen LogP contribution in [-0.4, -0.2) is 0 Å². The number of aryl methyl sites for hydroxylation is 2. The molecule has 0 fully saturated rings. The van der Waals surface area contributed by atoms with Crippen molar-refractivity contribution in [2.75, 3.05) is 11.1 Å². The van der Waals surface area contributed by atoms with Gasteiger partial charge in [0, 0.05) is 11.6 Å². The second-order valence-electron chi connectivity index (χ2n) is 4.53. The van der Waals surface area contributed by atoms with Gasteiger partial charge in [-0.05, 0) is 48.7 Å². The molecular weight excluding hydrogens is 244 g/mol. The molecule has 18 heavy (non-hydrogen) atoms. The molecule has 0 saturated carbocycles. The summed E-state index contributed by atoms with van der Waals surface area (Å²) < 4.78 is 0. The molecule has 2 nitrogen and oxygen atoms in total. The lowest BCUT2D eigenvalue weighted by Crippen LogP contribution is -2.04. The second-order valence-corrected chi connectivity index (χ2v) is 4.97. The van der Waals surface area contributed by atoms with Crippen LogP contribution in [0, 0.1) is 13.8 Å². The molecule has 94 valence electrons. The lowest BCUT2D eigenvalue weighted by atomic mass is 10.1. The van der Waals surface area contributed by atoms with Gasteiger partial charge in [0.25, 0.3) is 0 Å². The Morgan fingerprint density at radius 2 is 1.94 bits per heavy atom. The predicted octanol–water partition coefficient (Wildman–Crippen LogP) is 4.15. The highest BCUT2D eigenvalue weighted by Gasteiger charge is 2.04. The van der Waals surface area contributed by atoms with E-state index in [1.165, 1.54) is 5.56 Å². The molecule has 0 atom stereocenters. The molecular formula is C15H17ClN2. The van der Waals surface area contributed by atoms with Gasteiger partial charge in [-0.15, -0.1) is 0 Å². The number of hydrogen-bond acceptors (Lipinski definition) is 2. The minimum Gasteiger partial charge on any atom is -0.397 e. The first-order chi connectivity index (χ1) is 8.56. The van der Waals surface area contributed by atoms with E-state index in [1.807, 2.05) is 37.3 Å². The summed E-state index contributed by atoms with van der Waals surface area (Å²) in [5.74, 6) is 0. The summed E-state index contributed by atoms with van der Waals surface area (Å²) in [6.07, 6.45) is 0. The van der Waals surface area contributed by atoms with E-state index in [1.54, 1.807) is 0 Å². The van der Waals surface area contributed by atoms with Gasteiger partial charge in [-0.3, -0.25) is 0 Å². The Hall–Kier alpha value is -1.67. The standard InChI is InChI=1S/C15H17ClN2/c1-10-6-11(2)15(14(17)7-10)18-9-12-4-3-5-13(16)8-12/h3-8,18H,9,17H2,1-2H3. The van der Waals surface area contributed by atoms with Crippen molar-refractivity contribution in [2.24, 2.45) is 0 Å². The fourth-order valence-electron chi connectivity index (χ4n) is 2.08. The summed E-state index contributed by atoms with van der Waals surface area (Å²) in [6.45, 7) is 4.82. The Labute approximate surface area is 113 Å². The summed E-state index contributed by atoms with van der Waals surface area (Å²) >= 11 is 5.96. The summed E-state index contributed by atoms with van der Waals surface area (Å²) in [5.41, 5.74) is 11.3. The highest BCUT2D eigenvalue weighted by Crippen LogP contribution is 2.25. The average molecular weight is 261 g/mol. The van der Waals surface area contributed by atoms with Crippen molar-refractivity contribution in [1.29, 1.82) is 0 Å². The van der Waals surface area contributed by atoms with Crippen molar-refractivity contribution in [1.82, 2.24) is 0 Å². The van der Waals surface area contributed by atoms with Crippen molar-refractivity contribution >= 4 is 23.0 Å². The Morgan fingerprint density at radius 3 is 2.61 bits per heavy atom. The smallest absolute Gasteiger partial charge is 0.0606 e. The van der Waals surface area contributed by atoms with Gasteiger partial charge < -0.3 is 11.1 Å². The zero-order valence-electron chi connectivity index (χ0n) is 10.6. The fourth-order valence-corrected chi connectivity index (χ4v) is 2.29. The van der Waals surface area contributed by atoms with Gasteiger partial charge in [0.05, 0.1) is 11.4 Å². The largest absolute Gasteiger partial charge is 0.397 e. The van der Waals surface area contributed by atoms with Crippen LogP contribution in [0.5, 0.6) is 0 Å². The molecule has 2 aromatic carbocycles. The number of nitrogens with one attached hydrogen (secondary N) is 1. The zero-order chi connectivity index (χ0) is 13.1. The van der Waals surface area contributed by atoms with Gasteiger partial charge in [-0.25, -0.2) is 0 Å². The van der Waals surface area contributed by atoms with Crippen LogP contribution in [0.3, 0.4) is 0 Å². The highest BCUT2D eigenvalue weighted by atomic mass is 35.5. The van der Waals surface area contributed by atoms with E-state index in [0.29, 0.717) is 6.54 Å². The maximum absolute atomic E-state index is 6.03. The number of hydrogen-bond donors (Lipinski definition) is 2. The van der Waals surface area contributed by atoms with Crippen molar-refractivity contribution < 1.29 is 0 Å². The van der Waals surface area contributed by atoms with E-state index in [9.17, 15) is 0 Å². The minimum absolute atomic E-state index is 0.717. The maximum Gasteiger partial charge on any atom is 0.0606 e. The third-order valence-corrected chi connectivity index (χ3v) is 3.10. The van der Waals surface area contributed by atoms with Crippen LogP contribution in [0.4, 0.5) is 11.4 Å². The van der Waals surface area contributed by atoms with Crippen LogP contribution in [0.2, 0.25) is 5.02 Å². The monoisotopic (exact) mass is 260 g/mol. The van der Waals surface area contributed by atoms with E-state index < -0.39 is 0 Å². The van der Waals surface area contributed by atoms with Crippen molar-refractivity contribution in [3.8, 4) is 0 Å². The molecule has 0 bridgehead atoms. The Bertz CT molecular complexity index is 541. The predicted molar refractivity (Wildman–Crippen MR) is 79.1 cm³/mol. The number of anilines is 2. The molecule has 0 unspecified atom stereocenters. The van der Waals surface area contributed by atoms with E-state index in [-0.39, 0.29) is 0 Å². The maximum atomic E-state index is 6.03. The molecule has 2 rings (SSSR count). The molecule has 0 spiro atoms. The number of nitrogen functional groups attached to an aromatic ring is 1. The zero-order valence-corrected chi connectivity index (χ0v) is 11.4. The topological polar surface area (TPSA) is 38.0 Å². The second kappa shape index (κ2) is 5.32. The molecule has 3 N–H and O–H groups in total. The number of halogens is 1. The molecule has 0 aliphatic rings. The molecule has 0 aliphatic heterocycles. The van der Waals surface area contributed by atoms with Gasteiger partial charge in [-0.2, -0.15) is 0 Å². The summed E-state index contributed by atoms with van der Waals surface area (Å²) in [4.78, 5) is 0. The average Bonchev–Trinajstić information content (AvgIpc) is 2.27. The first-order valence-corrected chi connectivity index (χ1v) is 6.29. The third-order valence-electron chi connectivity index (χ3n) is 2.87. The van der Waals surface area contributed by atoms with Crippen LogP contribution in [0.25, 0.3) is 0 Å². The van der Waals surface area contributed by atoms with Gasteiger partial charge in [0.2, 0.25) is 0 Å². The first kappa shape index (κ1) is 12.8. The first-order valence-electron chi connectivity index (χ1n) is 5.91. The lowest BCUT2D eigenvalue weighted by Gasteiger charge is -2.13. The number of nitrogens with two attached hydrogens (primary N) is 1. The molecule has 0 heterocycles. The van der Waals surface area contributed by atoms with Gasteiger partial charge in [-0.1, -0.05) is 29.8 Å². The van der Waals surface area contributed by atoms with Crippen LogP contribution >= 0.6 is 11.6 Å². The van der Waals surface area contributed by atoms with Gasteiger partial charge >= 0.3 is 0 Å². The molecule has 0 saturated heterocycles. The normalized spacial score (nSPS) is 10.4. The molecule has 2 aromatic rings. The number of benzene rings is 2. The van der Waals surface area contributed by atoms with Crippen molar-refractivity contribution in [3.05, 3.63) is 58.1 Å². The lowest BCUT2D eigenvalue weighted by molar-refractivity contribution is 1.14. The van der Waals surface area contributed by atoms with Crippen molar-refractivity contribution in [3.63, 3.8) is 0 Å². The van der Waals surface area contributed by atoms with Crippen LogP contribution in [0.15, 0.2) is 36.4 Å². The minimum atomic E-state index is 0.717. The van der Waals surface area contributed by atoms with Crippen LogP contribution in [0.1, 0.15) is 16.7 Å². The van der Waals surface area contributed by atoms with E-state index >= 15 is 0 Å². The van der Waals surface area contributed by atoms with E-state index in [2.05, 4.69) is 18.3 Å². The molecule has 0 amide bonds. The molecule has 0 radical (unpaired) electrons. The molecule has 3 heteroatoms. The number of rotatable bonds is 3. The van der Waals surface area contributed by atoms with E-state index in [4.69, 9.17) is 17.3 Å².